The van der Waals surface area contributed by atoms with Gasteiger partial charge in [0.2, 0.25) is 5.91 Å². The lowest BCUT2D eigenvalue weighted by Crippen LogP contribution is -2.53. The summed E-state index contributed by atoms with van der Waals surface area (Å²) in [6.07, 6.45) is -7.73. The highest BCUT2D eigenvalue weighted by molar-refractivity contribution is 6.14. The van der Waals surface area contributed by atoms with Crippen molar-refractivity contribution >= 4 is 33.7 Å². The van der Waals surface area contributed by atoms with Gasteiger partial charge in [-0.05, 0) is 23.6 Å². The Morgan fingerprint density at radius 2 is 1.70 bits per heavy atom. The second kappa shape index (κ2) is 9.74. The number of carbonyl (C=O) groups is 2. The van der Waals surface area contributed by atoms with E-state index in [2.05, 4.69) is 10.3 Å². The molecule has 4 N–H and O–H groups in total. The van der Waals surface area contributed by atoms with Crippen LogP contribution >= 0.6 is 0 Å². The van der Waals surface area contributed by atoms with Gasteiger partial charge in [-0.2, -0.15) is 13.2 Å². The molecule has 1 amide bonds. The SMILES string of the molecule is CC(C)C(NC(=O)Cn1c(-c2ccccc2)cc2c([nH]c3c(C(=O)O)cccc32)c1=O)C(O)C(F)(F)F. The van der Waals surface area contributed by atoms with Crippen LogP contribution in [0.3, 0.4) is 0 Å². The molecule has 0 bridgehead atoms. The zero-order valence-corrected chi connectivity index (χ0v) is 19.8. The molecule has 2 atom stereocenters. The zero-order valence-electron chi connectivity index (χ0n) is 19.8. The van der Waals surface area contributed by atoms with Crippen molar-refractivity contribution < 1.29 is 33.0 Å². The van der Waals surface area contributed by atoms with Crippen LogP contribution < -0.4 is 10.9 Å². The Labute approximate surface area is 208 Å². The van der Waals surface area contributed by atoms with Crippen molar-refractivity contribution in [2.75, 3.05) is 0 Å². The molecule has 4 aromatic rings. The molecule has 0 fully saturated rings. The van der Waals surface area contributed by atoms with Crippen LogP contribution in [-0.2, 0) is 11.3 Å². The number of nitrogens with one attached hydrogen (secondary N) is 2. The topological polar surface area (TPSA) is 124 Å². The number of rotatable bonds is 7. The lowest BCUT2D eigenvalue weighted by atomic mass is 9.98. The minimum Gasteiger partial charge on any atom is -0.478 e. The van der Waals surface area contributed by atoms with E-state index in [4.69, 9.17) is 0 Å². The van der Waals surface area contributed by atoms with Crippen LogP contribution in [0.5, 0.6) is 0 Å². The van der Waals surface area contributed by atoms with E-state index in [9.17, 15) is 37.8 Å². The number of carboxylic acids is 1. The van der Waals surface area contributed by atoms with Crippen LogP contribution in [0.25, 0.3) is 33.1 Å². The number of carbonyl (C=O) groups excluding carboxylic acids is 1. The fourth-order valence-corrected chi connectivity index (χ4v) is 4.39. The number of hydrogen-bond donors (Lipinski definition) is 4. The van der Waals surface area contributed by atoms with E-state index in [1.165, 1.54) is 19.9 Å². The summed E-state index contributed by atoms with van der Waals surface area (Å²) in [5, 5.41) is 22.5. The molecule has 2 aromatic carbocycles. The third kappa shape index (κ3) is 4.94. The maximum atomic E-state index is 13.6. The number of aliphatic hydroxyl groups is 1. The summed E-state index contributed by atoms with van der Waals surface area (Å²) in [5.41, 5.74) is 0.459. The summed E-state index contributed by atoms with van der Waals surface area (Å²) in [7, 11) is 0. The fourth-order valence-electron chi connectivity index (χ4n) is 4.39. The van der Waals surface area contributed by atoms with Gasteiger partial charge < -0.3 is 20.5 Å². The second-order valence-electron chi connectivity index (χ2n) is 9.06. The van der Waals surface area contributed by atoms with Crippen molar-refractivity contribution in [2.24, 2.45) is 5.92 Å². The molecule has 194 valence electrons. The first-order chi connectivity index (χ1) is 17.4. The predicted molar refractivity (Wildman–Crippen MR) is 131 cm³/mol. The van der Waals surface area contributed by atoms with Gasteiger partial charge in [0.15, 0.2) is 6.10 Å². The molecule has 8 nitrogen and oxygen atoms in total. The summed E-state index contributed by atoms with van der Waals surface area (Å²) in [5.74, 6) is -2.84. The molecule has 0 saturated carbocycles. The normalized spacial score (nSPS) is 13.7. The van der Waals surface area contributed by atoms with E-state index in [1.807, 2.05) is 0 Å². The number of aromatic amines is 1. The number of para-hydroxylation sites is 1. The number of hydrogen-bond acceptors (Lipinski definition) is 4. The maximum absolute atomic E-state index is 13.6. The smallest absolute Gasteiger partial charge is 0.416 e. The third-order valence-corrected chi connectivity index (χ3v) is 6.23. The zero-order chi connectivity index (χ0) is 27.1. The molecule has 0 saturated heterocycles. The number of aromatic carboxylic acids is 1. The Hall–Kier alpha value is -4.12. The van der Waals surface area contributed by atoms with Gasteiger partial charge in [0.1, 0.15) is 12.1 Å². The largest absolute Gasteiger partial charge is 0.478 e. The molecule has 0 radical (unpaired) electrons. The minimum atomic E-state index is -4.95. The Morgan fingerprint density at radius 3 is 2.30 bits per heavy atom. The van der Waals surface area contributed by atoms with Gasteiger partial charge >= 0.3 is 12.1 Å². The van der Waals surface area contributed by atoms with Gasteiger partial charge in [-0.1, -0.05) is 56.3 Å². The summed E-state index contributed by atoms with van der Waals surface area (Å²) in [6.45, 7) is 2.23. The molecule has 4 rings (SSSR count). The molecule has 2 aromatic heterocycles. The maximum Gasteiger partial charge on any atom is 0.416 e. The molecule has 0 aliphatic heterocycles. The van der Waals surface area contributed by atoms with Crippen LogP contribution in [0.2, 0.25) is 0 Å². The molecule has 2 heterocycles. The van der Waals surface area contributed by atoms with Gasteiger partial charge in [0.05, 0.1) is 22.8 Å². The first-order valence-corrected chi connectivity index (χ1v) is 11.4. The van der Waals surface area contributed by atoms with Crippen LogP contribution in [0.4, 0.5) is 13.2 Å². The Bertz CT molecular complexity index is 1540. The molecule has 0 spiro atoms. The standard InChI is InChI=1S/C26H24F3N3O5/c1-13(2)20(23(34)26(27,28)29)30-19(33)12-32-18(14-7-4-3-5-8-14)11-17-15-9-6-10-16(25(36)37)21(15)31-22(17)24(32)35/h3-11,13,20,23,31,34H,12H2,1-2H3,(H,30,33)(H,36,37). The van der Waals surface area contributed by atoms with Crippen molar-refractivity contribution in [3.05, 3.63) is 70.5 Å². The lowest BCUT2D eigenvalue weighted by molar-refractivity contribution is -0.215. The highest BCUT2D eigenvalue weighted by atomic mass is 19.4. The number of nitrogens with zero attached hydrogens (tertiary/aromatic N) is 1. The van der Waals surface area contributed by atoms with Crippen molar-refractivity contribution in [2.45, 2.75) is 38.7 Å². The summed E-state index contributed by atoms with van der Waals surface area (Å²) < 4.78 is 40.6. The number of fused-ring (bicyclic) bond motifs is 3. The van der Waals surface area contributed by atoms with Crippen molar-refractivity contribution in [3.8, 4) is 11.3 Å². The van der Waals surface area contributed by atoms with Gasteiger partial charge in [0.25, 0.3) is 5.56 Å². The molecule has 37 heavy (non-hydrogen) atoms. The Morgan fingerprint density at radius 1 is 1.03 bits per heavy atom. The second-order valence-corrected chi connectivity index (χ2v) is 9.06. The number of aromatic nitrogens is 2. The molecular formula is C26H24F3N3O5. The Kier molecular flexibility index (Phi) is 6.83. The third-order valence-electron chi connectivity index (χ3n) is 6.23. The van der Waals surface area contributed by atoms with Crippen molar-refractivity contribution in [3.63, 3.8) is 0 Å². The Balaban J connectivity index is 1.86. The number of H-pyrrole nitrogens is 1. The van der Waals surface area contributed by atoms with Crippen molar-refractivity contribution in [1.82, 2.24) is 14.9 Å². The lowest BCUT2D eigenvalue weighted by Gasteiger charge is -2.29. The molecular weight excluding hydrogens is 491 g/mol. The number of halogens is 3. The van der Waals surface area contributed by atoms with E-state index in [1.54, 1.807) is 48.5 Å². The number of aliphatic hydroxyl groups excluding tert-OH is 1. The van der Waals surface area contributed by atoms with Gasteiger partial charge in [-0.3, -0.25) is 14.2 Å². The number of alkyl halides is 3. The quantitative estimate of drug-likeness (QED) is 0.297. The summed E-state index contributed by atoms with van der Waals surface area (Å²) in [4.78, 5) is 41.1. The van der Waals surface area contributed by atoms with Crippen LogP contribution in [-0.4, -0.2) is 50.0 Å². The number of amides is 1. The monoisotopic (exact) mass is 515 g/mol. The summed E-state index contributed by atoms with van der Waals surface area (Å²) >= 11 is 0. The average molecular weight is 515 g/mol. The molecule has 0 aliphatic carbocycles. The first-order valence-electron chi connectivity index (χ1n) is 11.4. The van der Waals surface area contributed by atoms with Crippen LogP contribution in [0.15, 0.2) is 59.4 Å². The fraction of sp³-hybridized carbons (Fsp3) is 0.269. The predicted octanol–water partition coefficient (Wildman–Crippen LogP) is 3.91. The highest BCUT2D eigenvalue weighted by Gasteiger charge is 2.45. The molecule has 2 unspecified atom stereocenters. The highest BCUT2D eigenvalue weighted by Crippen LogP contribution is 2.30. The summed E-state index contributed by atoms with van der Waals surface area (Å²) in [6, 6.07) is 13.2. The van der Waals surface area contributed by atoms with E-state index >= 15 is 0 Å². The number of pyridine rings is 1. The van der Waals surface area contributed by atoms with Crippen molar-refractivity contribution in [1.29, 1.82) is 0 Å². The minimum absolute atomic E-state index is 0.0421. The van der Waals surface area contributed by atoms with E-state index in [-0.39, 0.29) is 16.6 Å². The van der Waals surface area contributed by atoms with E-state index in [0.717, 1.165) is 4.57 Å². The molecule has 0 aliphatic rings. The number of benzene rings is 2. The van der Waals surface area contributed by atoms with Gasteiger partial charge in [-0.25, -0.2) is 4.79 Å². The number of carboxylic acid groups (broad SMARTS) is 1. The average Bonchev–Trinajstić information content (AvgIpc) is 3.22. The van der Waals surface area contributed by atoms with E-state index < -0.39 is 48.2 Å². The molecule has 11 heteroatoms. The van der Waals surface area contributed by atoms with Crippen LogP contribution in [0.1, 0.15) is 24.2 Å². The van der Waals surface area contributed by atoms with Gasteiger partial charge in [-0.15, -0.1) is 0 Å². The van der Waals surface area contributed by atoms with Gasteiger partial charge in [0, 0.05) is 10.8 Å². The first kappa shape index (κ1) is 26.0. The van der Waals surface area contributed by atoms with E-state index in [0.29, 0.717) is 22.0 Å². The van der Waals surface area contributed by atoms with Crippen LogP contribution in [0, 0.1) is 5.92 Å².